The summed E-state index contributed by atoms with van der Waals surface area (Å²) in [6.07, 6.45) is 0. The maximum absolute atomic E-state index is 4.41. The molecule has 0 aliphatic carbocycles. The van der Waals surface area contributed by atoms with Crippen LogP contribution in [0.1, 0.15) is 66.5 Å². The van der Waals surface area contributed by atoms with Crippen molar-refractivity contribution >= 4 is 57.2 Å². The first kappa shape index (κ1) is 33.0. The number of nitrogens with zero attached hydrogens (tertiary/aromatic N) is 4. The van der Waals surface area contributed by atoms with Gasteiger partial charge in [-0.3, -0.25) is 0 Å². The number of amidine groups is 2. The quantitative estimate of drug-likeness (QED) is 0.175. The molecule has 0 heterocycles. The Morgan fingerprint density at radius 2 is 0.886 bits per heavy atom. The van der Waals surface area contributed by atoms with Crippen LogP contribution in [0.25, 0.3) is 10.6 Å². The molecular weight excluding hydrogens is 504 g/mol. The second kappa shape index (κ2) is 19.2. The second-order valence-electron chi connectivity index (χ2n) is 8.77. The number of hydrogen-bond donors (Lipinski definition) is 0. The third-order valence-corrected chi connectivity index (χ3v) is 3.71. The number of benzene rings is 2. The van der Waals surface area contributed by atoms with Crippen LogP contribution in [0.15, 0.2) is 70.6 Å². The van der Waals surface area contributed by atoms with Crippen LogP contribution in [0.5, 0.6) is 0 Å². The van der Waals surface area contributed by atoms with Crippen LogP contribution in [0, 0.1) is 23.7 Å². The van der Waals surface area contributed by atoms with Gasteiger partial charge in [-0.2, -0.15) is 0 Å². The summed E-state index contributed by atoms with van der Waals surface area (Å²) in [4.78, 5) is 8.82. The first-order valence-electron chi connectivity index (χ1n) is 11.9. The van der Waals surface area contributed by atoms with Gasteiger partial charge in [0, 0.05) is 11.1 Å². The summed E-state index contributed by atoms with van der Waals surface area (Å²) < 4.78 is 0. The summed E-state index contributed by atoms with van der Waals surface area (Å²) in [5.41, 5.74) is 1.98. The SMILES string of the molecule is CC(C)N=C(C#Cc1ccccc1)[N-]C(C)C.CC(C)N=C(C#Cc1ccccc1)[N-]C(C)C.[Sr+2]. The van der Waals surface area contributed by atoms with E-state index >= 15 is 0 Å². The van der Waals surface area contributed by atoms with Gasteiger partial charge in [0.2, 0.25) is 0 Å². The summed E-state index contributed by atoms with van der Waals surface area (Å²) in [5.74, 6) is 13.5. The molecule has 0 aliphatic heterocycles. The molecule has 0 aromatic heterocycles. The smallest absolute Gasteiger partial charge is 0.456 e. The first-order valence-corrected chi connectivity index (χ1v) is 11.9. The number of aliphatic imine (C=N–C) groups is 2. The van der Waals surface area contributed by atoms with Crippen molar-refractivity contribution in [2.75, 3.05) is 0 Å². The topological polar surface area (TPSA) is 52.9 Å². The molecule has 4 nitrogen and oxygen atoms in total. The van der Waals surface area contributed by atoms with Gasteiger partial charge in [0.1, 0.15) is 0 Å². The molecule has 5 heteroatoms. The Morgan fingerprint density at radius 3 is 1.14 bits per heavy atom. The molecule has 2 rings (SSSR count). The molecule has 2 aromatic rings. The Morgan fingerprint density at radius 1 is 0.571 bits per heavy atom. The van der Waals surface area contributed by atoms with E-state index in [0.29, 0.717) is 11.7 Å². The van der Waals surface area contributed by atoms with E-state index in [4.69, 9.17) is 0 Å². The van der Waals surface area contributed by atoms with Crippen molar-refractivity contribution in [3.63, 3.8) is 0 Å². The zero-order valence-corrected chi connectivity index (χ0v) is 26.1. The Kier molecular flexibility index (Phi) is 18.1. The van der Waals surface area contributed by atoms with E-state index in [1.807, 2.05) is 116 Å². The Bertz CT molecular complexity index is 931. The fourth-order valence-electron chi connectivity index (χ4n) is 2.47. The Labute approximate surface area is 250 Å². The average Bonchev–Trinajstić information content (AvgIpc) is 2.76. The van der Waals surface area contributed by atoms with Crippen LogP contribution >= 0.6 is 0 Å². The molecule has 0 fully saturated rings. The van der Waals surface area contributed by atoms with Gasteiger partial charge in [-0.05, 0) is 60.1 Å². The van der Waals surface area contributed by atoms with Crippen molar-refractivity contribution in [3.8, 4) is 23.7 Å². The van der Waals surface area contributed by atoms with Gasteiger partial charge >= 0.3 is 45.5 Å². The van der Waals surface area contributed by atoms with Gasteiger partial charge in [0.25, 0.3) is 0 Å². The molecule has 0 atom stereocenters. The fourth-order valence-corrected chi connectivity index (χ4v) is 2.47. The minimum absolute atomic E-state index is 0. The van der Waals surface area contributed by atoms with Crippen molar-refractivity contribution in [1.82, 2.24) is 0 Å². The number of hydrogen-bond acceptors (Lipinski definition) is 2. The molecule has 0 amide bonds. The molecule has 0 aliphatic rings. The molecule has 2 aromatic carbocycles. The monoisotopic (exact) mass is 542 g/mol. The van der Waals surface area contributed by atoms with E-state index in [1.54, 1.807) is 0 Å². The van der Waals surface area contributed by atoms with Gasteiger partial charge in [0.15, 0.2) is 0 Å². The van der Waals surface area contributed by atoms with E-state index in [2.05, 4.69) is 44.3 Å². The second-order valence-corrected chi connectivity index (χ2v) is 8.77. The molecule has 0 saturated carbocycles. The van der Waals surface area contributed by atoms with E-state index in [0.717, 1.165) is 11.1 Å². The van der Waals surface area contributed by atoms with Crippen molar-refractivity contribution in [3.05, 3.63) is 82.4 Å². The van der Waals surface area contributed by atoms with Crippen LogP contribution in [-0.2, 0) is 0 Å². The third-order valence-electron chi connectivity index (χ3n) is 3.71. The van der Waals surface area contributed by atoms with Crippen molar-refractivity contribution in [2.45, 2.75) is 79.6 Å². The molecule has 0 N–H and O–H groups in total. The fraction of sp³-hybridized carbons (Fsp3) is 0.400. The van der Waals surface area contributed by atoms with Gasteiger partial charge in [-0.15, -0.1) is 0 Å². The van der Waals surface area contributed by atoms with Gasteiger partial charge in [-0.25, -0.2) is 0 Å². The minimum Gasteiger partial charge on any atom is -0.456 e. The average molecular weight is 542 g/mol. The van der Waals surface area contributed by atoms with Gasteiger partial charge in [0.05, 0.1) is 0 Å². The van der Waals surface area contributed by atoms with E-state index in [-0.39, 0.29) is 69.6 Å². The predicted molar refractivity (Wildman–Crippen MR) is 155 cm³/mol. The molecule has 0 radical (unpaired) electrons. The normalized spacial score (nSPS) is 11.0. The summed E-state index contributed by atoms with van der Waals surface area (Å²) in [6, 6.07) is 20.7. The largest absolute Gasteiger partial charge is 2.00 e. The Balaban J connectivity index is 0.000000642. The van der Waals surface area contributed by atoms with Crippen LogP contribution in [-0.4, -0.2) is 81.3 Å². The third kappa shape index (κ3) is 18.0. The van der Waals surface area contributed by atoms with Crippen molar-refractivity contribution in [2.24, 2.45) is 9.98 Å². The van der Waals surface area contributed by atoms with Crippen LogP contribution in [0.2, 0.25) is 0 Å². The van der Waals surface area contributed by atoms with Gasteiger partial charge < -0.3 is 20.6 Å². The zero-order chi connectivity index (χ0) is 25.3. The maximum atomic E-state index is 4.41. The summed E-state index contributed by atoms with van der Waals surface area (Å²) in [7, 11) is 0. The van der Waals surface area contributed by atoms with Crippen LogP contribution < -0.4 is 0 Å². The molecule has 0 saturated heterocycles. The molecule has 0 spiro atoms. The van der Waals surface area contributed by atoms with E-state index in [1.165, 1.54) is 0 Å². The van der Waals surface area contributed by atoms with Crippen molar-refractivity contribution in [1.29, 1.82) is 0 Å². The molecule has 0 unspecified atom stereocenters. The van der Waals surface area contributed by atoms with Crippen LogP contribution in [0.3, 0.4) is 0 Å². The summed E-state index contributed by atoms with van der Waals surface area (Å²) >= 11 is 0. The van der Waals surface area contributed by atoms with E-state index in [9.17, 15) is 0 Å². The zero-order valence-electron chi connectivity index (χ0n) is 22.6. The first-order chi connectivity index (χ1) is 16.2. The standard InChI is InChI=1S/2C15H19N2.Sr/c2*1-12(2)16-15(17-13(3)4)11-10-14-8-6-5-7-9-14;/h2*5-9,12-13H,1-4H3;/q2*-1;+2. The van der Waals surface area contributed by atoms with Crippen LogP contribution in [0.4, 0.5) is 0 Å². The van der Waals surface area contributed by atoms with E-state index < -0.39 is 0 Å². The summed E-state index contributed by atoms with van der Waals surface area (Å²) in [5, 5.41) is 8.82. The molecule has 180 valence electrons. The predicted octanol–water partition coefficient (Wildman–Crippen LogP) is 6.87. The Hall–Kier alpha value is -2.02. The summed E-state index contributed by atoms with van der Waals surface area (Å²) in [6.45, 7) is 16.2. The minimum atomic E-state index is 0. The molecule has 35 heavy (non-hydrogen) atoms. The molecular formula is C30H38N4Sr. The van der Waals surface area contributed by atoms with Crippen molar-refractivity contribution < 1.29 is 0 Å². The van der Waals surface area contributed by atoms with Gasteiger partial charge in [-0.1, -0.05) is 115 Å². The maximum Gasteiger partial charge on any atom is 2.00 e. The molecule has 0 bridgehead atoms. The number of rotatable bonds is 4.